The van der Waals surface area contributed by atoms with E-state index in [2.05, 4.69) is 95.9 Å². The van der Waals surface area contributed by atoms with Crippen LogP contribution < -0.4 is 4.90 Å². The molecule has 0 saturated heterocycles. The van der Waals surface area contributed by atoms with Crippen molar-refractivity contribution in [2.45, 2.75) is 0 Å². The summed E-state index contributed by atoms with van der Waals surface area (Å²) < 4.78 is 50.6. The lowest BCUT2D eigenvalue weighted by Crippen LogP contribution is -2.12. The summed E-state index contributed by atoms with van der Waals surface area (Å²) in [6.07, 6.45) is 0. The Morgan fingerprint density at radius 3 is 1.88 bits per heavy atom. The molecule has 9 aromatic carbocycles. The van der Waals surface area contributed by atoms with Crippen molar-refractivity contribution in [3.8, 4) is 33.4 Å². The van der Waals surface area contributed by atoms with Crippen LogP contribution in [0.1, 0.15) is 6.85 Å². The first-order chi connectivity index (χ1) is 27.9. The smallest absolute Gasteiger partial charge is 0.137 e. The first-order valence-corrected chi connectivity index (χ1v) is 17.4. The zero-order valence-electron chi connectivity index (χ0n) is 33.0. The third-order valence-electron chi connectivity index (χ3n) is 9.94. The number of benzene rings is 9. The molecule has 0 aliphatic heterocycles. The second-order valence-electron chi connectivity index (χ2n) is 12.9. The third-order valence-corrected chi connectivity index (χ3v) is 9.94. The molecule has 52 heavy (non-hydrogen) atoms. The maximum Gasteiger partial charge on any atom is 0.137 e. The highest BCUT2D eigenvalue weighted by Gasteiger charge is 2.23. The first-order valence-electron chi connectivity index (χ1n) is 19.9. The fraction of sp³-hybridized carbons (Fsp3) is 0. The fourth-order valence-electron chi connectivity index (χ4n) is 7.58. The largest absolute Gasteiger partial charge is 0.456 e. The summed E-state index contributed by atoms with van der Waals surface area (Å²) in [5, 5.41) is 6.18. The topological polar surface area (TPSA) is 16.4 Å². The van der Waals surface area contributed by atoms with Gasteiger partial charge in [-0.2, -0.15) is 0 Å². The molecule has 2 heteroatoms. The summed E-state index contributed by atoms with van der Waals surface area (Å²) >= 11 is 0. The normalized spacial score (nSPS) is 12.8. The van der Waals surface area contributed by atoms with Gasteiger partial charge in [-0.25, -0.2) is 0 Å². The molecule has 2 nitrogen and oxygen atoms in total. The fourth-order valence-corrected chi connectivity index (χ4v) is 7.58. The number of rotatable bonds is 6. The lowest BCUT2D eigenvalue weighted by Gasteiger charge is -2.30. The number of nitrogens with zero attached hydrogens (tertiary/aromatic N) is 1. The van der Waals surface area contributed by atoms with Crippen LogP contribution in [-0.4, -0.2) is 0 Å². The van der Waals surface area contributed by atoms with E-state index in [1.807, 2.05) is 78.9 Å². The van der Waals surface area contributed by atoms with E-state index in [1.54, 1.807) is 0 Å². The van der Waals surface area contributed by atoms with Gasteiger partial charge >= 0.3 is 0 Å². The molecule has 244 valence electrons. The van der Waals surface area contributed by atoms with E-state index >= 15 is 0 Å². The molecule has 0 unspecified atom stereocenters. The molecule has 10 rings (SSSR count). The third kappa shape index (κ3) is 5.04. The summed E-state index contributed by atoms with van der Waals surface area (Å²) in [6.45, 7) is 0. The highest BCUT2D eigenvalue weighted by Crippen LogP contribution is 2.49. The molecular formula is C50H33NO. The molecular weight excluding hydrogens is 631 g/mol. The average Bonchev–Trinajstić information content (AvgIpc) is 3.64. The van der Waals surface area contributed by atoms with Gasteiger partial charge < -0.3 is 9.32 Å². The average molecular weight is 669 g/mol. The van der Waals surface area contributed by atoms with Crippen molar-refractivity contribution in [2.75, 3.05) is 4.90 Å². The van der Waals surface area contributed by atoms with Gasteiger partial charge in [-0.3, -0.25) is 0 Å². The summed E-state index contributed by atoms with van der Waals surface area (Å²) in [4.78, 5) is 2.18. The van der Waals surface area contributed by atoms with Crippen molar-refractivity contribution in [3.05, 3.63) is 200 Å². The van der Waals surface area contributed by atoms with Crippen LogP contribution in [0.25, 0.3) is 76.9 Å². The highest BCUT2D eigenvalue weighted by atomic mass is 16.3. The van der Waals surface area contributed by atoms with Crippen molar-refractivity contribution in [1.82, 2.24) is 0 Å². The lowest BCUT2D eigenvalue weighted by molar-refractivity contribution is 0.669. The molecule has 0 aliphatic rings. The van der Waals surface area contributed by atoms with E-state index in [9.17, 15) is 2.74 Å². The van der Waals surface area contributed by atoms with Crippen LogP contribution in [0.15, 0.2) is 204 Å². The van der Waals surface area contributed by atoms with E-state index in [4.69, 9.17) is 8.53 Å². The maximum absolute atomic E-state index is 9.18. The molecule has 0 bridgehead atoms. The van der Waals surface area contributed by atoms with Crippen molar-refractivity contribution in [3.63, 3.8) is 0 Å². The number of para-hydroxylation sites is 1. The number of hydrogen-bond acceptors (Lipinski definition) is 2. The highest BCUT2D eigenvalue weighted by molar-refractivity contribution is 6.17. The van der Waals surface area contributed by atoms with Gasteiger partial charge in [0.2, 0.25) is 0 Å². The molecule has 10 aromatic rings. The Balaban J connectivity index is 1.32. The van der Waals surface area contributed by atoms with Crippen LogP contribution in [0.4, 0.5) is 17.1 Å². The minimum absolute atomic E-state index is 0.141. The quantitative estimate of drug-likeness (QED) is 0.164. The van der Waals surface area contributed by atoms with E-state index < -0.39 is 6.04 Å². The van der Waals surface area contributed by atoms with Crippen LogP contribution in [0.2, 0.25) is 0 Å². The SMILES string of the molecule is [2H]c1c([2H])c([2H])c(-c2cccc(N(c3ccc(-c4ccccc4)cc3)c3ccc4c(c3)oc3ccccc34)c2-c2cc3ccccc3c3ccccc23)c([2H])c1[2H]. The second-order valence-corrected chi connectivity index (χ2v) is 12.9. The van der Waals surface area contributed by atoms with Crippen LogP contribution >= 0.6 is 0 Å². The molecule has 0 N–H and O–H groups in total. The molecule has 0 saturated carbocycles. The molecule has 0 atom stereocenters. The monoisotopic (exact) mass is 668 g/mol. The molecule has 0 amide bonds. The predicted octanol–water partition coefficient (Wildman–Crippen LogP) is 14.4. The van der Waals surface area contributed by atoms with Crippen LogP contribution in [-0.2, 0) is 0 Å². The van der Waals surface area contributed by atoms with Crippen molar-refractivity contribution >= 4 is 60.5 Å². The summed E-state index contributed by atoms with van der Waals surface area (Å²) in [6, 6.07) is 55.7. The van der Waals surface area contributed by atoms with E-state index in [1.165, 1.54) is 0 Å². The number of hydrogen-bond donors (Lipinski definition) is 0. The van der Waals surface area contributed by atoms with Crippen LogP contribution in [0.3, 0.4) is 0 Å². The van der Waals surface area contributed by atoms with Crippen molar-refractivity contribution < 1.29 is 11.3 Å². The Labute approximate surface area is 309 Å². The molecule has 0 spiro atoms. The van der Waals surface area contributed by atoms with Gasteiger partial charge in [-0.15, -0.1) is 0 Å². The predicted molar refractivity (Wildman–Crippen MR) is 220 cm³/mol. The Kier molecular flexibility index (Phi) is 6.01. The zero-order chi connectivity index (χ0) is 38.8. The molecule has 0 radical (unpaired) electrons. The minimum Gasteiger partial charge on any atom is -0.456 e. The first kappa shape index (κ1) is 25.1. The molecule has 1 aromatic heterocycles. The Morgan fingerprint density at radius 2 is 1.06 bits per heavy atom. The van der Waals surface area contributed by atoms with Crippen molar-refractivity contribution in [2.24, 2.45) is 0 Å². The van der Waals surface area contributed by atoms with Gasteiger partial charge in [0.05, 0.1) is 12.5 Å². The molecule has 0 aliphatic carbocycles. The van der Waals surface area contributed by atoms with Gasteiger partial charge in [0.25, 0.3) is 0 Å². The number of furan rings is 1. The van der Waals surface area contributed by atoms with E-state index in [0.717, 1.165) is 82.8 Å². The summed E-state index contributed by atoms with van der Waals surface area (Å²) in [5.74, 6) is 0. The van der Waals surface area contributed by atoms with Gasteiger partial charge in [0.15, 0.2) is 0 Å². The van der Waals surface area contributed by atoms with Gasteiger partial charge in [0.1, 0.15) is 11.2 Å². The molecule has 0 fully saturated rings. The van der Waals surface area contributed by atoms with E-state index in [0.29, 0.717) is 5.56 Å². The summed E-state index contributed by atoms with van der Waals surface area (Å²) in [7, 11) is 0. The number of fused-ring (bicyclic) bond motifs is 6. The van der Waals surface area contributed by atoms with Crippen LogP contribution in [0, 0.1) is 0 Å². The zero-order valence-corrected chi connectivity index (χ0v) is 28.0. The molecule has 1 heterocycles. The van der Waals surface area contributed by atoms with Gasteiger partial charge in [-0.05, 0) is 91.8 Å². The number of anilines is 3. The second kappa shape index (κ2) is 12.5. The van der Waals surface area contributed by atoms with Gasteiger partial charge in [-0.1, -0.05) is 152 Å². The van der Waals surface area contributed by atoms with Crippen LogP contribution in [0.5, 0.6) is 0 Å². The van der Waals surface area contributed by atoms with Gasteiger partial charge in [0, 0.05) is 33.8 Å². The minimum atomic E-state index is -0.429. The Bertz CT molecular complexity index is 3160. The Morgan fingerprint density at radius 1 is 0.404 bits per heavy atom. The maximum atomic E-state index is 9.18. The lowest BCUT2D eigenvalue weighted by atomic mass is 9.87. The van der Waals surface area contributed by atoms with E-state index in [-0.39, 0.29) is 29.7 Å². The standard InChI is InChI=1S/C50H33NO/c1-3-14-34(15-4-1)35-26-28-38(29-27-35)51(39-30-31-45-44-22-11-12-25-48(44)52-49(45)33-39)47-24-13-23-41(36-16-5-2-6-17-36)50(47)46-32-37-18-7-8-19-40(37)42-20-9-10-21-43(42)46/h1-33H/i2D,5D,6D,16D,17D. The Hall–Kier alpha value is -6.90. The van der Waals surface area contributed by atoms with Crippen molar-refractivity contribution in [1.29, 1.82) is 0 Å². The summed E-state index contributed by atoms with van der Waals surface area (Å²) in [5.41, 5.74) is 8.45.